The largest absolute Gasteiger partial charge is 0.493 e. The molecule has 21 heavy (non-hydrogen) atoms. The maximum atomic E-state index is 13.9. The van der Waals surface area contributed by atoms with Gasteiger partial charge in [0.15, 0.2) is 11.6 Å². The standard InChI is InChI=1S/C16H12F2N2O/c17-12-7-10(9-19)8-13(18)16(12)20-14-5-6-21-15-4-2-1-3-11(14)15/h1-4,7-8,14,20H,5-6H2. The van der Waals surface area contributed by atoms with Crippen molar-refractivity contribution in [3.63, 3.8) is 0 Å². The normalized spacial score (nSPS) is 16.5. The molecule has 2 aromatic rings. The number of benzene rings is 2. The van der Waals surface area contributed by atoms with Gasteiger partial charge in [0.1, 0.15) is 11.4 Å². The number of nitrogens with one attached hydrogen (secondary N) is 1. The lowest BCUT2D eigenvalue weighted by Crippen LogP contribution is -2.21. The summed E-state index contributed by atoms with van der Waals surface area (Å²) < 4.78 is 33.4. The van der Waals surface area contributed by atoms with Gasteiger partial charge < -0.3 is 10.1 Å². The van der Waals surface area contributed by atoms with E-state index in [1.165, 1.54) is 0 Å². The number of hydrogen-bond acceptors (Lipinski definition) is 3. The van der Waals surface area contributed by atoms with E-state index >= 15 is 0 Å². The molecule has 1 atom stereocenters. The molecule has 0 bridgehead atoms. The Morgan fingerprint density at radius 3 is 2.62 bits per heavy atom. The Hall–Kier alpha value is -2.61. The van der Waals surface area contributed by atoms with E-state index in [0.29, 0.717) is 13.0 Å². The lowest BCUT2D eigenvalue weighted by molar-refractivity contribution is 0.274. The summed E-state index contributed by atoms with van der Waals surface area (Å²) in [5.74, 6) is -0.818. The van der Waals surface area contributed by atoms with Crippen molar-refractivity contribution in [1.82, 2.24) is 0 Å². The van der Waals surface area contributed by atoms with E-state index < -0.39 is 11.6 Å². The van der Waals surface area contributed by atoms with Crippen LogP contribution in [0, 0.1) is 23.0 Å². The fraction of sp³-hybridized carbons (Fsp3) is 0.188. The van der Waals surface area contributed by atoms with Gasteiger partial charge in [-0.15, -0.1) is 0 Å². The first kappa shape index (κ1) is 13.4. The summed E-state index contributed by atoms with van der Waals surface area (Å²) in [6, 6.07) is 10.9. The second-order valence-electron chi connectivity index (χ2n) is 4.80. The number of para-hydroxylation sites is 1. The zero-order chi connectivity index (χ0) is 14.8. The molecule has 3 rings (SSSR count). The molecule has 3 nitrogen and oxygen atoms in total. The summed E-state index contributed by atoms with van der Waals surface area (Å²) in [6.07, 6.45) is 0.607. The highest BCUT2D eigenvalue weighted by Crippen LogP contribution is 2.35. The monoisotopic (exact) mass is 286 g/mol. The molecule has 0 fully saturated rings. The van der Waals surface area contributed by atoms with Crippen LogP contribution in [0.2, 0.25) is 0 Å². The number of ether oxygens (including phenoxy) is 1. The number of hydrogen-bond donors (Lipinski definition) is 1. The van der Waals surface area contributed by atoms with Crippen LogP contribution in [-0.2, 0) is 0 Å². The molecule has 1 unspecified atom stereocenters. The Balaban J connectivity index is 1.94. The van der Waals surface area contributed by atoms with Gasteiger partial charge in [0.05, 0.1) is 24.3 Å². The van der Waals surface area contributed by atoms with Gasteiger partial charge in [0.2, 0.25) is 0 Å². The van der Waals surface area contributed by atoms with Crippen molar-refractivity contribution >= 4 is 5.69 Å². The maximum Gasteiger partial charge on any atom is 0.150 e. The molecule has 0 radical (unpaired) electrons. The SMILES string of the molecule is N#Cc1cc(F)c(NC2CCOc3ccccc32)c(F)c1. The predicted octanol–water partition coefficient (Wildman–Crippen LogP) is 3.77. The van der Waals surface area contributed by atoms with Gasteiger partial charge in [-0.05, 0) is 18.2 Å². The number of nitriles is 1. The van der Waals surface area contributed by atoms with Crippen molar-refractivity contribution in [2.24, 2.45) is 0 Å². The Labute approximate surface area is 120 Å². The number of fused-ring (bicyclic) bond motifs is 1. The molecule has 2 aromatic carbocycles. The summed E-state index contributed by atoms with van der Waals surface area (Å²) in [5, 5.41) is 11.6. The van der Waals surface area contributed by atoms with Crippen LogP contribution >= 0.6 is 0 Å². The molecule has 1 aliphatic heterocycles. The lowest BCUT2D eigenvalue weighted by atomic mass is 10.00. The lowest BCUT2D eigenvalue weighted by Gasteiger charge is -2.27. The first-order valence-corrected chi connectivity index (χ1v) is 6.56. The molecular formula is C16H12F2N2O. The van der Waals surface area contributed by atoms with Crippen molar-refractivity contribution in [3.8, 4) is 11.8 Å². The van der Waals surface area contributed by atoms with Gasteiger partial charge in [0, 0.05) is 12.0 Å². The minimum absolute atomic E-state index is 0.0390. The molecule has 0 amide bonds. The molecular weight excluding hydrogens is 274 g/mol. The first-order valence-electron chi connectivity index (χ1n) is 6.56. The smallest absolute Gasteiger partial charge is 0.150 e. The molecule has 1 aliphatic rings. The molecule has 0 aliphatic carbocycles. The van der Waals surface area contributed by atoms with E-state index in [-0.39, 0.29) is 17.3 Å². The van der Waals surface area contributed by atoms with Gasteiger partial charge in [-0.1, -0.05) is 18.2 Å². The van der Waals surface area contributed by atoms with Crippen LogP contribution < -0.4 is 10.1 Å². The summed E-state index contributed by atoms with van der Waals surface area (Å²) in [7, 11) is 0. The molecule has 0 spiro atoms. The topological polar surface area (TPSA) is 45.0 Å². The van der Waals surface area contributed by atoms with Crippen molar-refractivity contribution in [1.29, 1.82) is 5.26 Å². The number of anilines is 1. The molecule has 5 heteroatoms. The number of rotatable bonds is 2. The Morgan fingerprint density at radius 2 is 1.90 bits per heavy atom. The Morgan fingerprint density at radius 1 is 1.19 bits per heavy atom. The summed E-state index contributed by atoms with van der Waals surface area (Å²) in [6.45, 7) is 0.480. The van der Waals surface area contributed by atoms with Crippen LogP contribution in [0.25, 0.3) is 0 Å². The fourth-order valence-electron chi connectivity index (χ4n) is 2.44. The van der Waals surface area contributed by atoms with E-state index in [0.717, 1.165) is 23.4 Å². The molecule has 106 valence electrons. The van der Waals surface area contributed by atoms with Gasteiger partial charge in [-0.3, -0.25) is 0 Å². The van der Waals surface area contributed by atoms with Crippen LogP contribution in [0.5, 0.6) is 5.75 Å². The highest BCUT2D eigenvalue weighted by Gasteiger charge is 2.23. The van der Waals surface area contributed by atoms with Crippen molar-refractivity contribution in [2.75, 3.05) is 11.9 Å². The highest BCUT2D eigenvalue weighted by molar-refractivity contribution is 5.53. The number of nitrogens with zero attached hydrogens (tertiary/aromatic N) is 1. The third kappa shape index (κ3) is 2.52. The quantitative estimate of drug-likeness (QED) is 0.914. The maximum absolute atomic E-state index is 13.9. The molecule has 1 heterocycles. The zero-order valence-corrected chi connectivity index (χ0v) is 11.1. The Kier molecular flexibility index (Phi) is 3.44. The third-order valence-corrected chi connectivity index (χ3v) is 3.45. The van der Waals surface area contributed by atoms with Gasteiger partial charge in [-0.2, -0.15) is 5.26 Å². The van der Waals surface area contributed by atoms with Crippen LogP contribution in [0.4, 0.5) is 14.5 Å². The first-order chi connectivity index (χ1) is 10.2. The molecule has 1 N–H and O–H groups in total. The Bertz CT molecular complexity index is 701. The summed E-state index contributed by atoms with van der Waals surface area (Å²) >= 11 is 0. The summed E-state index contributed by atoms with van der Waals surface area (Å²) in [4.78, 5) is 0. The minimum atomic E-state index is -0.768. The van der Waals surface area contributed by atoms with Gasteiger partial charge in [-0.25, -0.2) is 8.78 Å². The average Bonchev–Trinajstić information content (AvgIpc) is 2.50. The van der Waals surface area contributed by atoms with Gasteiger partial charge in [0.25, 0.3) is 0 Å². The van der Waals surface area contributed by atoms with E-state index in [1.54, 1.807) is 6.07 Å². The van der Waals surface area contributed by atoms with Gasteiger partial charge >= 0.3 is 0 Å². The van der Waals surface area contributed by atoms with E-state index in [2.05, 4.69) is 5.32 Å². The predicted molar refractivity (Wildman–Crippen MR) is 74.0 cm³/mol. The van der Waals surface area contributed by atoms with Crippen LogP contribution in [-0.4, -0.2) is 6.61 Å². The van der Waals surface area contributed by atoms with Crippen LogP contribution in [0.15, 0.2) is 36.4 Å². The molecule has 0 saturated carbocycles. The van der Waals surface area contributed by atoms with Crippen molar-refractivity contribution < 1.29 is 13.5 Å². The second-order valence-corrected chi connectivity index (χ2v) is 4.80. The van der Waals surface area contributed by atoms with E-state index in [9.17, 15) is 8.78 Å². The molecule has 0 saturated heterocycles. The van der Waals surface area contributed by atoms with Crippen molar-refractivity contribution in [2.45, 2.75) is 12.5 Å². The zero-order valence-electron chi connectivity index (χ0n) is 11.1. The van der Waals surface area contributed by atoms with Crippen molar-refractivity contribution in [3.05, 3.63) is 59.2 Å². The average molecular weight is 286 g/mol. The van der Waals surface area contributed by atoms with E-state index in [4.69, 9.17) is 10.00 Å². The fourth-order valence-corrected chi connectivity index (χ4v) is 2.44. The second kappa shape index (κ2) is 5.41. The third-order valence-electron chi connectivity index (χ3n) is 3.45. The van der Waals surface area contributed by atoms with Crippen LogP contribution in [0.3, 0.4) is 0 Å². The minimum Gasteiger partial charge on any atom is -0.493 e. The molecule has 0 aromatic heterocycles. The van der Waals surface area contributed by atoms with Crippen LogP contribution in [0.1, 0.15) is 23.6 Å². The highest BCUT2D eigenvalue weighted by atomic mass is 19.1. The van der Waals surface area contributed by atoms with E-state index in [1.807, 2.05) is 24.3 Å². The summed E-state index contributed by atoms with van der Waals surface area (Å²) in [5.41, 5.74) is 0.616. The number of halogens is 2.